The first-order valence-corrected chi connectivity index (χ1v) is 14.6. The van der Waals surface area contributed by atoms with E-state index in [2.05, 4.69) is 53.7 Å². The number of carbonyl (C=O) groups excluding carboxylic acids is 2. The maximum Gasteiger partial charge on any atom is 0.302 e. The van der Waals surface area contributed by atoms with Gasteiger partial charge in [0.25, 0.3) is 0 Å². The summed E-state index contributed by atoms with van der Waals surface area (Å²) in [5.74, 6) is 2.99. The van der Waals surface area contributed by atoms with Gasteiger partial charge in [-0.25, -0.2) is 0 Å². The molecule has 0 aliphatic heterocycles. The summed E-state index contributed by atoms with van der Waals surface area (Å²) >= 11 is 0. The number of allylic oxidation sites excluding steroid dienone is 4. The Kier molecular flexibility index (Phi) is 7.85. The molecule has 36 heavy (non-hydrogen) atoms. The van der Waals surface area contributed by atoms with Gasteiger partial charge in [0.05, 0.1) is 0 Å². The van der Waals surface area contributed by atoms with E-state index in [9.17, 15) is 9.59 Å². The summed E-state index contributed by atoms with van der Waals surface area (Å²) in [7, 11) is 0. The van der Waals surface area contributed by atoms with Crippen molar-refractivity contribution in [2.75, 3.05) is 0 Å². The predicted molar refractivity (Wildman–Crippen MR) is 144 cm³/mol. The molecule has 202 valence electrons. The molecule has 0 saturated heterocycles. The van der Waals surface area contributed by atoms with Crippen LogP contribution in [0.25, 0.3) is 0 Å². The van der Waals surface area contributed by atoms with E-state index >= 15 is 0 Å². The lowest BCUT2D eigenvalue weighted by molar-refractivity contribution is -0.168. The SMILES string of the molecule is CC(=O)OC1C[C@@H]2C(=CC[C@]3(C)[C@@H](/C(C)=C\C[C@H](C)C(C)C)CC[C@@H]23)[C@@]2(C)CC[C@H](OC(C)=O)C[C@H]12. The van der Waals surface area contributed by atoms with Crippen molar-refractivity contribution in [3.8, 4) is 0 Å². The molecule has 4 rings (SSSR count). The predicted octanol–water partition coefficient (Wildman–Crippen LogP) is 7.67. The maximum atomic E-state index is 12.2. The van der Waals surface area contributed by atoms with Crippen molar-refractivity contribution in [3.63, 3.8) is 0 Å². The zero-order valence-electron chi connectivity index (χ0n) is 24.1. The molecule has 4 heteroatoms. The van der Waals surface area contributed by atoms with Gasteiger partial charge in [-0.05, 0) is 98.7 Å². The standard InChI is InChI=1S/C32H50O4/c1-19(2)20(3)9-10-21(4)26-11-12-27-25-18-30(36-23(6)34)29-17-24(35-22(5)33)13-15-32(29,8)28(25)14-16-31(26,27)7/h10,14,19-20,24-27,29-30H,9,11-13,15-18H2,1-8H3/b21-10-/t20-,24-,25-,26+,27-,29+,30?,31+,32+/m0/s1. The van der Waals surface area contributed by atoms with E-state index in [1.807, 2.05) is 0 Å². The molecule has 0 radical (unpaired) electrons. The number of carbonyl (C=O) groups is 2. The molecule has 0 N–H and O–H groups in total. The lowest BCUT2D eigenvalue weighted by Gasteiger charge is -2.58. The van der Waals surface area contributed by atoms with Crippen LogP contribution in [0.3, 0.4) is 0 Å². The number of ether oxygens (including phenoxy) is 2. The highest BCUT2D eigenvalue weighted by atomic mass is 16.5. The molecule has 4 aliphatic rings. The third-order valence-corrected chi connectivity index (χ3v) is 11.1. The molecule has 0 aromatic heterocycles. The number of hydrogen-bond donors (Lipinski definition) is 0. The van der Waals surface area contributed by atoms with Crippen molar-refractivity contribution in [1.29, 1.82) is 0 Å². The summed E-state index contributed by atoms with van der Waals surface area (Å²) in [4.78, 5) is 23.9. The molecule has 4 nitrogen and oxygen atoms in total. The first kappa shape index (κ1) is 27.5. The molecule has 0 amide bonds. The fourth-order valence-electron chi connectivity index (χ4n) is 8.73. The second-order valence-electron chi connectivity index (χ2n) is 13.5. The van der Waals surface area contributed by atoms with Crippen LogP contribution in [0.15, 0.2) is 23.3 Å². The summed E-state index contributed by atoms with van der Waals surface area (Å²) in [6.07, 6.45) is 13.4. The van der Waals surface area contributed by atoms with Gasteiger partial charge in [0.15, 0.2) is 0 Å². The summed E-state index contributed by atoms with van der Waals surface area (Å²) in [5.41, 5.74) is 3.49. The minimum absolute atomic E-state index is 0.0106. The van der Waals surface area contributed by atoms with Gasteiger partial charge in [0, 0.05) is 19.8 Å². The molecule has 0 aromatic carbocycles. The molecular formula is C32H50O4. The van der Waals surface area contributed by atoms with Gasteiger partial charge in [-0.15, -0.1) is 0 Å². The normalized spacial score (nSPS) is 41.0. The van der Waals surface area contributed by atoms with Gasteiger partial charge in [-0.3, -0.25) is 9.59 Å². The molecule has 0 bridgehead atoms. The molecular weight excluding hydrogens is 448 g/mol. The Labute approximate surface area is 219 Å². The zero-order chi connectivity index (χ0) is 26.4. The van der Waals surface area contributed by atoms with Crippen LogP contribution in [-0.4, -0.2) is 24.1 Å². The van der Waals surface area contributed by atoms with E-state index in [-0.39, 0.29) is 40.9 Å². The van der Waals surface area contributed by atoms with Crippen LogP contribution < -0.4 is 0 Å². The number of fused-ring (bicyclic) bond motifs is 5. The second-order valence-corrected chi connectivity index (χ2v) is 13.5. The molecule has 0 spiro atoms. The minimum atomic E-state index is -0.211. The van der Waals surface area contributed by atoms with Gasteiger partial charge in [0.1, 0.15) is 12.2 Å². The summed E-state index contributed by atoms with van der Waals surface area (Å²) in [6.45, 7) is 17.4. The van der Waals surface area contributed by atoms with Crippen molar-refractivity contribution < 1.29 is 19.1 Å². The van der Waals surface area contributed by atoms with Crippen molar-refractivity contribution in [3.05, 3.63) is 23.3 Å². The molecule has 3 saturated carbocycles. The molecule has 0 aromatic rings. The van der Waals surface area contributed by atoms with E-state index in [0.29, 0.717) is 29.6 Å². The first-order chi connectivity index (χ1) is 16.9. The van der Waals surface area contributed by atoms with Crippen molar-refractivity contribution >= 4 is 11.9 Å². The van der Waals surface area contributed by atoms with Gasteiger partial charge in [-0.1, -0.05) is 57.9 Å². The Balaban J connectivity index is 1.62. The van der Waals surface area contributed by atoms with Gasteiger partial charge in [-0.2, -0.15) is 0 Å². The highest BCUT2D eigenvalue weighted by molar-refractivity contribution is 5.66. The lowest BCUT2D eigenvalue weighted by Crippen LogP contribution is -2.54. The highest BCUT2D eigenvalue weighted by Gasteiger charge is 2.60. The quantitative estimate of drug-likeness (QED) is 0.278. The van der Waals surface area contributed by atoms with E-state index in [4.69, 9.17) is 9.47 Å². The van der Waals surface area contributed by atoms with E-state index in [0.717, 1.165) is 32.1 Å². The third-order valence-electron chi connectivity index (χ3n) is 11.1. The van der Waals surface area contributed by atoms with E-state index in [1.54, 1.807) is 11.1 Å². The zero-order valence-corrected chi connectivity index (χ0v) is 24.1. The number of hydrogen-bond acceptors (Lipinski definition) is 4. The smallest absolute Gasteiger partial charge is 0.302 e. The molecule has 9 atom stereocenters. The first-order valence-electron chi connectivity index (χ1n) is 14.6. The van der Waals surface area contributed by atoms with Crippen molar-refractivity contribution in [2.24, 2.45) is 46.3 Å². The summed E-state index contributed by atoms with van der Waals surface area (Å²) < 4.78 is 11.7. The average Bonchev–Trinajstić information content (AvgIpc) is 3.14. The molecule has 4 aliphatic carbocycles. The van der Waals surface area contributed by atoms with E-state index < -0.39 is 0 Å². The number of esters is 2. The second kappa shape index (κ2) is 10.3. The monoisotopic (exact) mass is 498 g/mol. The average molecular weight is 499 g/mol. The van der Waals surface area contributed by atoms with Crippen molar-refractivity contribution in [1.82, 2.24) is 0 Å². The third kappa shape index (κ3) is 4.95. The van der Waals surface area contributed by atoms with Gasteiger partial charge in [0.2, 0.25) is 0 Å². The maximum absolute atomic E-state index is 12.2. The number of rotatable bonds is 6. The largest absolute Gasteiger partial charge is 0.463 e. The topological polar surface area (TPSA) is 52.6 Å². The van der Waals surface area contributed by atoms with Crippen molar-refractivity contribution in [2.45, 2.75) is 119 Å². The minimum Gasteiger partial charge on any atom is -0.463 e. The Morgan fingerprint density at radius 3 is 2.33 bits per heavy atom. The van der Waals surface area contributed by atoms with Crippen LogP contribution in [0.4, 0.5) is 0 Å². The lowest BCUT2D eigenvalue weighted by atomic mass is 9.47. The Morgan fingerprint density at radius 2 is 1.69 bits per heavy atom. The van der Waals surface area contributed by atoms with E-state index in [1.165, 1.54) is 33.1 Å². The van der Waals surface area contributed by atoms with Crippen LogP contribution in [-0.2, 0) is 19.1 Å². The molecule has 0 heterocycles. The van der Waals surface area contributed by atoms with Gasteiger partial charge < -0.3 is 9.47 Å². The fourth-order valence-corrected chi connectivity index (χ4v) is 8.73. The van der Waals surface area contributed by atoms with Crippen LogP contribution in [0.1, 0.15) is 107 Å². The Hall–Kier alpha value is -1.58. The summed E-state index contributed by atoms with van der Waals surface area (Å²) in [5, 5.41) is 0. The van der Waals surface area contributed by atoms with Crippen LogP contribution >= 0.6 is 0 Å². The summed E-state index contributed by atoms with van der Waals surface area (Å²) in [6, 6.07) is 0. The highest BCUT2D eigenvalue weighted by Crippen LogP contribution is 2.66. The van der Waals surface area contributed by atoms with Gasteiger partial charge >= 0.3 is 11.9 Å². The molecule has 3 fully saturated rings. The Morgan fingerprint density at radius 1 is 1.00 bits per heavy atom. The van der Waals surface area contributed by atoms with Crippen LogP contribution in [0.2, 0.25) is 0 Å². The fraction of sp³-hybridized carbons (Fsp3) is 0.812. The van der Waals surface area contributed by atoms with Crippen LogP contribution in [0.5, 0.6) is 0 Å². The molecule has 1 unspecified atom stereocenters. The Bertz CT molecular complexity index is 915. The van der Waals surface area contributed by atoms with Crippen LogP contribution in [0, 0.1) is 46.3 Å².